The Morgan fingerprint density at radius 2 is 1.57 bits per heavy atom. The summed E-state index contributed by atoms with van der Waals surface area (Å²) in [4.78, 5) is 0. The van der Waals surface area contributed by atoms with E-state index in [1.165, 1.54) is 0 Å². The number of ether oxygens (including phenoxy) is 1. The summed E-state index contributed by atoms with van der Waals surface area (Å²) in [6.07, 6.45) is 0. The molecule has 2 nitrogen and oxygen atoms in total. The Morgan fingerprint density at radius 3 is 1.93 bits per heavy atom. The van der Waals surface area contributed by atoms with E-state index in [-0.39, 0.29) is 28.9 Å². The van der Waals surface area contributed by atoms with Gasteiger partial charge < -0.3 is 9.84 Å². The van der Waals surface area contributed by atoms with E-state index < -0.39 is 0 Å². The highest BCUT2D eigenvalue weighted by molar-refractivity contribution is 5.26. The molecule has 0 atom stereocenters. The van der Waals surface area contributed by atoms with E-state index in [2.05, 4.69) is 0 Å². The van der Waals surface area contributed by atoms with Gasteiger partial charge in [0, 0.05) is 0 Å². The molecule has 14 heavy (non-hydrogen) atoms. The second-order valence-electron chi connectivity index (χ2n) is 2.24. The molecule has 0 bridgehead atoms. The van der Waals surface area contributed by atoms with E-state index in [1.54, 1.807) is 0 Å². The third-order valence-electron chi connectivity index (χ3n) is 1.42. The van der Waals surface area contributed by atoms with Gasteiger partial charge in [-0.3, -0.25) is 0 Å². The number of aliphatic hydroxyl groups is 1. The molecule has 1 N–H and O–H groups in total. The Hall–Kier alpha value is -1.02. The van der Waals surface area contributed by atoms with E-state index in [1.807, 2.05) is 31.2 Å². The van der Waals surface area contributed by atoms with Gasteiger partial charge in [0.2, 0.25) is 0 Å². The van der Waals surface area contributed by atoms with Crippen molar-refractivity contribution in [2.75, 3.05) is 6.61 Å². The van der Waals surface area contributed by atoms with Crippen molar-refractivity contribution in [3.8, 4) is 5.75 Å². The lowest BCUT2D eigenvalue weighted by atomic mass is 10.2. The van der Waals surface area contributed by atoms with E-state index in [9.17, 15) is 0 Å². The van der Waals surface area contributed by atoms with Crippen LogP contribution < -0.4 is 4.74 Å². The van der Waals surface area contributed by atoms with Gasteiger partial charge in [-0.25, -0.2) is 0 Å². The maximum atomic E-state index is 8.72. The summed E-state index contributed by atoms with van der Waals surface area (Å²) >= 11 is 0. The number of hydrogen-bond donors (Lipinski definition) is 1. The van der Waals surface area contributed by atoms with Crippen LogP contribution in [-0.2, 0) is 6.61 Å². The molecule has 0 aliphatic carbocycles. The van der Waals surface area contributed by atoms with Crippen molar-refractivity contribution >= 4 is 0 Å². The summed E-state index contributed by atoms with van der Waals surface area (Å²) in [7, 11) is 0. The third-order valence-corrected chi connectivity index (χ3v) is 1.42. The van der Waals surface area contributed by atoms with Crippen LogP contribution in [0.25, 0.3) is 0 Å². The zero-order valence-electron chi connectivity index (χ0n) is 6.58. The van der Waals surface area contributed by atoms with Crippen molar-refractivity contribution in [1.29, 1.82) is 0 Å². The molecule has 0 aliphatic rings. The van der Waals surface area contributed by atoms with Crippen LogP contribution >= 0.6 is 0 Å². The molecule has 0 unspecified atom stereocenters. The predicted octanol–water partition coefficient (Wildman–Crippen LogP) is 3.49. The van der Waals surface area contributed by atoms with Crippen molar-refractivity contribution in [3.05, 3.63) is 29.8 Å². The van der Waals surface area contributed by atoms with Crippen LogP contribution in [0.3, 0.4) is 0 Å². The van der Waals surface area contributed by atoms with Crippen molar-refractivity contribution in [2.45, 2.75) is 35.8 Å². The lowest BCUT2D eigenvalue weighted by Gasteiger charge is -2.02. The number of aliphatic hydroxyl groups excluding tert-OH is 1. The second-order valence-corrected chi connectivity index (χ2v) is 2.24. The molecule has 0 saturated carbocycles. The number of rotatable bonds is 3. The molecule has 1 rings (SSSR count). The van der Waals surface area contributed by atoms with Gasteiger partial charge in [-0.1, -0.05) is 34.4 Å². The molecule has 0 spiro atoms. The maximum Gasteiger partial charge on any atom is 0.119 e. The molecule has 0 heterocycles. The number of benzene rings is 1. The maximum absolute atomic E-state index is 8.72. The minimum absolute atomic E-state index is 0. The minimum Gasteiger partial charge on any atom is -0.494 e. The van der Waals surface area contributed by atoms with E-state index in [0.717, 1.165) is 11.3 Å². The zero-order chi connectivity index (χ0) is 8.10. The Kier molecular flexibility index (Phi) is 13.4. The van der Waals surface area contributed by atoms with Gasteiger partial charge in [0.05, 0.1) is 13.2 Å². The Morgan fingerprint density at radius 1 is 1.07 bits per heavy atom. The van der Waals surface area contributed by atoms with Gasteiger partial charge in [-0.15, -0.1) is 0 Å². The van der Waals surface area contributed by atoms with E-state index in [4.69, 9.17) is 9.84 Å². The van der Waals surface area contributed by atoms with Crippen molar-refractivity contribution < 1.29 is 9.84 Å². The van der Waals surface area contributed by atoms with Crippen molar-refractivity contribution in [1.82, 2.24) is 0 Å². The summed E-state index contributed by atoms with van der Waals surface area (Å²) in [5.41, 5.74) is 0.911. The van der Waals surface area contributed by atoms with Crippen LogP contribution in [0.2, 0.25) is 0 Å². The fraction of sp³-hybridized carbons (Fsp3) is 0.500. The van der Waals surface area contributed by atoms with Crippen molar-refractivity contribution in [3.63, 3.8) is 0 Å². The van der Waals surface area contributed by atoms with Gasteiger partial charge in [0.1, 0.15) is 5.75 Å². The first kappa shape index (κ1) is 18.7. The Balaban J connectivity index is -0.000000403. The van der Waals surface area contributed by atoms with Crippen LogP contribution in [0.15, 0.2) is 24.3 Å². The van der Waals surface area contributed by atoms with Crippen LogP contribution in [0, 0.1) is 0 Å². The molecule has 0 aliphatic heterocycles. The Bertz CT molecular complexity index is 204. The summed E-state index contributed by atoms with van der Waals surface area (Å²) in [6.45, 7) is 2.71. The molecular formula is C12H24O2. The average Bonchev–Trinajstić information content (AvgIpc) is 2.07. The van der Waals surface area contributed by atoms with E-state index in [0.29, 0.717) is 6.61 Å². The normalized spacial score (nSPS) is 7.57. The molecular weight excluding hydrogens is 176 g/mol. The summed E-state index contributed by atoms with van der Waals surface area (Å²) in [5.74, 6) is 0.852. The van der Waals surface area contributed by atoms with Gasteiger partial charge in [-0.2, -0.15) is 0 Å². The van der Waals surface area contributed by atoms with Gasteiger partial charge >= 0.3 is 0 Å². The second kappa shape index (κ2) is 10.1. The standard InChI is InChI=1S/C9H12O2.3CH4/c1-2-11-9-5-3-8(7-10)4-6-9;;;/h3-6,10H,2,7H2,1H3;3*1H4. The molecule has 0 radical (unpaired) electrons. The summed E-state index contributed by atoms with van der Waals surface area (Å²) in [5, 5.41) is 8.72. The Labute approximate surface area is 88.5 Å². The fourth-order valence-corrected chi connectivity index (χ4v) is 0.858. The SMILES string of the molecule is C.C.C.CCOc1ccc(CO)cc1. The first-order valence-electron chi connectivity index (χ1n) is 3.69. The van der Waals surface area contributed by atoms with Gasteiger partial charge in [-0.05, 0) is 24.6 Å². The highest BCUT2D eigenvalue weighted by Gasteiger charge is 1.91. The summed E-state index contributed by atoms with van der Waals surface area (Å²) in [6, 6.07) is 7.42. The van der Waals surface area contributed by atoms with Gasteiger partial charge in [0.25, 0.3) is 0 Å². The van der Waals surface area contributed by atoms with Crippen LogP contribution in [0.5, 0.6) is 5.75 Å². The van der Waals surface area contributed by atoms with Crippen molar-refractivity contribution in [2.24, 2.45) is 0 Å². The molecule has 0 amide bonds. The lowest BCUT2D eigenvalue weighted by Crippen LogP contribution is -1.91. The summed E-state index contributed by atoms with van der Waals surface area (Å²) < 4.78 is 5.22. The van der Waals surface area contributed by atoms with Crippen LogP contribution in [0.1, 0.15) is 34.8 Å². The lowest BCUT2D eigenvalue weighted by molar-refractivity contribution is 0.281. The average molecular weight is 200 g/mol. The van der Waals surface area contributed by atoms with Gasteiger partial charge in [0.15, 0.2) is 0 Å². The minimum atomic E-state index is 0. The quantitative estimate of drug-likeness (QED) is 0.809. The fourth-order valence-electron chi connectivity index (χ4n) is 0.858. The molecule has 1 aromatic rings. The third kappa shape index (κ3) is 5.60. The first-order chi connectivity index (χ1) is 5.36. The topological polar surface area (TPSA) is 29.5 Å². The van der Waals surface area contributed by atoms with Crippen LogP contribution in [-0.4, -0.2) is 11.7 Å². The molecule has 2 heteroatoms. The largest absolute Gasteiger partial charge is 0.494 e. The molecule has 84 valence electrons. The first-order valence-corrected chi connectivity index (χ1v) is 3.69. The zero-order valence-corrected chi connectivity index (χ0v) is 6.58. The highest BCUT2D eigenvalue weighted by Crippen LogP contribution is 2.11. The predicted molar refractivity (Wildman–Crippen MR) is 63.7 cm³/mol. The van der Waals surface area contributed by atoms with E-state index >= 15 is 0 Å². The number of hydrogen-bond acceptors (Lipinski definition) is 2. The monoisotopic (exact) mass is 200 g/mol. The molecule has 0 saturated heterocycles. The van der Waals surface area contributed by atoms with Crippen LogP contribution in [0.4, 0.5) is 0 Å². The molecule has 0 fully saturated rings. The molecule has 1 aromatic carbocycles. The molecule has 0 aromatic heterocycles. The smallest absolute Gasteiger partial charge is 0.119 e. The highest BCUT2D eigenvalue weighted by atomic mass is 16.5.